The van der Waals surface area contributed by atoms with Gasteiger partial charge in [-0.25, -0.2) is 23.4 Å². The summed E-state index contributed by atoms with van der Waals surface area (Å²) in [6, 6.07) is 5.70. The summed E-state index contributed by atoms with van der Waals surface area (Å²) in [6.45, 7) is 4.61. The van der Waals surface area contributed by atoms with Crippen molar-refractivity contribution in [3.63, 3.8) is 0 Å². The average Bonchev–Trinajstić information content (AvgIpc) is 3.32. The zero-order valence-electron chi connectivity index (χ0n) is 19.0. The zero-order chi connectivity index (χ0) is 23.2. The molecule has 1 saturated heterocycles. The number of fused-ring (bicyclic) bond motifs is 3. The highest BCUT2D eigenvalue weighted by atomic mass is 19.1. The predicted molar refractivity (Wildman–Crippen MR) is 122 cm³/mol. The van der Waals surface area contributed by atoms with Crippen LogP contribution in [-0.2, 0) is 6.54 Å². The normalized spacial score (nSPS) is 25.8. The molecule has 0 amide bonds. The first-order valence-electron chi connectivity index (χ1n) is 11.9. The fourth-order valence-corrected chi connectivity index (χ4v) is 5.62. The minimum Gasteiger partial charge on any atom is -0.479 e. The molecule has 6 rings (SSSR count). The van der Waals surface area contributed by atoms with Gasteiger partial charge >= 0.3 is 0 Å². The third-order valence-electron chi connectivity index (χ3n) is 7.23. The molecule has 0 radical (unpaired) electrons. The van der Waals surface area contributed by atoms with Crippen molar-refractivity contribution < 1.29 is 13.5 Å². The Labute approximate surface area is 196 Å². The van der Waals surface area contributed by atoms with Gasteiger partial charge in [0.05, 0.1) is 0 Å². The molecule has 1 saturated carbocycles. The molecule has 2 bridgehead atoms. The fraction of sp³-hybridized carbons (Fsp3) is 0.500. The van der Waals surface area contributed by atoms with Crippen LogP contribution < -0.4 is 15.0 Å². The molecule has 178 valence electrons. The van der Waals surface area contributed by atoms with Gasteiger partial charge in [0.1, 0.15) is 18.0 Å². The van der Waals surface area contributed by atoms with Gasteiger partial charge in [-0.1, -0.05) is 0 Å². The summed E-state index contributed by atoms with van der Waals surface area (Å²) in [5, 5.41) is 8.29. The molecule has 3 aliphatic rings. The largest absolute Gasteiger partial charge is 0.479 e. The lowest BCUT2D eigenvalue weighted by molar-refractivity contribution is 0.149. The summed E-state index contributed by atoms with van der Waals surface area (Å²) in [5.74, 6) is 1.92. The number of rotatable bonds is 5. The van der Waals surface area contributed by atoms with Gasteiger partial charge in [0.15, 0.2) is 23.5 Å². The summed E-state index contributed by atoms with van der Waals surface area (Å²) in [5.41, 5.74) is 0.975. The summed E-state index contributed by atoms with van der Waals surface area (Å²) in [4.78, 5) is 15.8. The second kappa shape index (κ2) is 8.48. The highest BCUT2D eigenvalue weighted by Gasteiger charge is 2.43. The van der Waals surface area contributed by atoms with Gasteiger partial charge < -0.3 is 15.0 Å². The molecule has 2 aromatic heterocycles. The van der Waals surface area contributed by atoms with Crippen LogP contribution in [0.15, 0.2) is 30.6 Å². The van der Waals surface area contributed by atoms with Crippen LogP contribution >= 0.6 is 0 Å². The van der Waals surface area contributed by atoms with Crippen molar-refractivity contribution in [2.24, 2.45) is 11.8 Å². The number of nitrogens with one attached hydrogen (secondary N) is 1. The van der Waals surface area contributed by atoms with E-state index in [1.165, 1.54) is 12.1 Å². The van der Waals surface area contributed by atoms with E-state index in [4.69, 9.17) is 9.72 Å². The number of aromatic nitrogens is 5. The van der Waals surface area contributed by atoms with Crippen LogP contribution in [0.4, 0.5) is 20.5 Å². The number of halogens is 2. The van der Waals surface area contributed by atoms with Crippen molar-refractivity contribution in [2.75, 3.05) is 23.3 Å². The molecule has 3 aromatic rings. The molecule has 1 aromatic carbocycles. The lowest BCUT2D eigenvalue weighted by atomic mass is 9.92. The van der Waals surface area contributed by atoms with Crippen LogP contribution in [0.1, 0.15) is 43.3 Å². The minimum absolute atomic E-state index is 0.0303. The van der Waals surface area contributed by atoms with Gasteiger partial charge in [0.25, 0.3) is 0 Å². The number of benzene rings is 1. The van der Waals surface area contributed by atoms with Crippen molar-refractivity contribution in [2.45, 2.75) is 51.3 Å². The van der Waals surface area contributed by atoms with E-state index in [1.54, 1.807) is 6.33 Å². The molecule has 2 fully saturated rings. The summed E-state index contributed by atoms with van der Waals surface area (Å²) in [7, 11) is 0. The van der Waals surface area contributed by atoms with E-state index in [0.29, 0.717) is 36.1 Å². The highest BCUT2D eigenvalue weighted by Crippen LogP contribution is 2.40. The average molecular weight is 468 g/mol. The van der Waals surface area contributed by atoms with Gasteiger partial charge in [-0.3, -0.25) is 0 Å². The lowest BCUT2D eigenvalue weighted by Gasteiger charge is -2.38. The Morgan fingerprint density at radius 3 is 2.65 bits per heavy atom. The molecule has 1 aliphatic carbocycles. The summed E-state index contributed by atoms with van der Waals surface area (Å²) < 4.78 is 35.1. The second-order valence-electron chi connectivity index (χ2n) is 9.53. The Morgan fingerprint density at radius 1 is 1.06 bits per heavy atom. The first-order valence-corrected chi connectivity index (χ1v) is 11.9. The molecular weight excluding hydrogens is 440 g/mol. The van der Waals surface area contributed by atoms with Gasteiger partial charge in [-0.15, -0.1) is 5.10 Å². The number of nitrogens with zero attached hydrogens (tertiary/aromatic N) is 6. The Morgan fingerprint density at radius 2 is 1.88 bits per heavy atom. The molecule has 0 spiro atoms. The molecular formula is C24H27F2N7O. The first kappa shape index (κ1) is 21.2. The highest BCUT2D eigenvalue weighted by molar-refractivity contribution is 5.41. The Bertz CT molecular complexity index is 1190. The Kier molecular flexibility index (Phi) is 5.30. The number of aryl methyl sites for hydroxylation is 2. The number of hydrogen-bond donors (Lipinski definition) is 1. The van der Waals surface area contributed by atoms with Crippen molar-refractivity contribution >= 4 is 11.8 Å². The quantitative estimate of drug-likeness (QED) is 0.610. The molecule has 4 heterocycles. The Balaban J connectivity index is 1.17. The smallest absolute Gasteiger partial charge is 0.242 e. The summed E-state index contributed by atoms with van der Waals surface area (Å²) >= 11 is 0. The van der Waals surface area contributed by atoms with E-state index in [1.807, 2.05) is 17.7 Å². The number of anilines is 2. The maximum absolute atomic E-state index is 14.1. The topological polar surface area (TPSA) is 81.0 Å². The maximum atomic E-state index is 14.1. The predicted octanol–water partition coefficient (Wildman–Crippen LogP) is 3.90. The van der Waals surface area contributed by atoms with Crippen LogP contribution in [-0.4, -0.2) is 43.9 Å². The third-order valence-corrected chi connectivity index (χ3v) is 7.23. The van der Waals surface area contributed by atoms with Crippen molar-refractivity contribution in [3.05, 3.63) is 53.7 Å². The van der Waals surface area contributed by atoms with Crippen molar-refractivity contribution in [1.82, 2.24) is 24.7 Å². The Hall–Kier alpha value is -3.30. The van der Waals surface area contributed by atoms with Gasteiger partial charge in [-0.2, -0.15) is 4.98 Å². The monoisotopic (exact) mass is 467 g/mol. The van der Waals surface area contributed by atoms with Crippen molar-refractivity contribution in [1.29, 1.82) is 0 Å². The van der Waals surface area contributed by atoms with E-state index in [-0.39, 0.29) is 5.75 Å². The standard InChI is InChI=1S/C24H27F2N7O/c1-14-9-21(28-13-27-14)32-11-15-4-5-16(12-32)22(15)29-24-30-23-20(3-2-8-33(23)31-24)34-19-7-6-17(25)10-18(19)26/h6-7,9-10,13,15-16,20,22H,2-5,8,11-12H2,1H3,(H,29,31)/t15-,16+,20-,22-/m0/s1. The molecule has 1 N–H and O–H groups in total. The summed E-state index contributed by atoms with van der Waals surface area (Å²) in [6.07, 6.45) is 5.09. The van der Waals surface area contributed by atoms with Crippen molar-refractivity contribution in [3.8, 4) is 5.75 Å². The molecule has 4 atom stereocenters. The van der Waals surface area contributed by atoms with Gasteiger partial charge in [0.2, 0.25) is 5.95 Å². The fourth-order valence-electron chi connectivity index (χ4n) is 5.62. The minimum atomic E-state index is -0.711. The SMILES string of the molecule is Cc1cc(N2C[C@H]3CC[C@@H](C2)[C@@H]3Nc2nc3n(n2)CCC[C@@H]3Oc2ccc(F)cc2F)ncn1. The van der Waals surface area contributed by atoms with Crippen LogP contribution in [0.2, 0.25) is 0 Å². The van der Waals surface area contributed by atoms with E-state index < -0.39 is 17.7 Å². The third kappa shape index (κ3) is 3.95. The number of ether oxygens (including phenoxy) is 1. The first-order chi connectivity index (χ1) is 16.5. The van der Waals surface area contributed by atoms with E-state index in [2.05, 4.69) is 25.3 Å². The second-order valence-corrected chi connectivity index (χ2v) is 9.53. The van der Waals surface area contributed by atoms with Crippen LogP contribution in [0.3, 0.4) is 0 Å². The van der Waals surface area contributed by atoms with E-state index in [9.17, 15) is 8.78 Å². The van der Waals surface area contributed by atoms with Crippen LogP contribution in [0.5, 0.6) is 5.75 Å². The molecule has 10 heteroatoms. The number of hydrogen-bond acceptors (Lipinski definition) is 7. The van der Waals surface area contributed by atoms with Crippen LogP contribution in [0.25, 0.3) is 0 Å². The maximum Gasteiger partial charge on any atom is 0.242 e. The lowest BCUT2D eigenvalue weighted by Crippen LogP contribution is -2.48. The molecule has 2 aliphatic heterocycles. The van der Waals surface area contributed by atoms with E-state index >= 15 is 0 Å². The van der Waals surface area contributed by atoms with E-state index in [0.717, 1.165) is 56.5 Å². The molecule has 0 unspecified atom stereocenters. The van der Waals surface area contributed by atoms with Gasteiger partial charge in [0, 0.05) is 43.5 Å². The zero-order valence-corrected chi connectivity index (χ0v) is 19.0. The molecule has 34 heavy (non-hydrogen) atoms. The number of piperidine rings is 1. The molecule has 8 nitrogen and oxygen atoms in total. The van der Waals surface area contributed by atoms with Gasteiger partial charge in [-0.05, 0) is 56.6 Å². The van der Waals surface area contributed by atoms with Crippen LogP contribution in [0, 0.1) is 30.4 Å².